The molecule has 0 N–H and O–H groups in total. The molecule has 3 aliphatic rings. The van der Waals surface area contributed by atoms with E-state index in [0.29, 0.717) is 0 Å². The van der Waals surface area contributed by atoms with E-state index >= 15 is 0 Å². The summed E-state index contributed by atoms with van der Waals surface area (Å²) in [6, 6.07) is 0.288. The van der Waals surface area contributed by atoms with Crippen LogP contribution in [0.2, 0.25) is 0 Å². The van der Waals surface area contributed by atoms with Crippen LogP contribution in [0.1, 0.15) is 40.0 Å². The van der Waals surface area contributed by atoms with Crippen LogP contribution in [0, 0.1) is 11.8 Å². The maximum atomic E-state index is 12.8. The van der Waals surface area contributed by atoms with Crippen molar-refractivity contribution in [2.45, 2.75) is 40.0 Å². The third kappa shape index (κ3) is 6.07. The zero-order valence-corrected chi connectivity index (χ0v) is 18.6. The van der Waals surface area contributed by atoms with Crippen LogP contribution in [-0.4, -0.2) is 116 Å². The summed E-state index contributed by atoms with van der Waals surface area (Å²) in [5.74, 6) is 1.54. The fourth-order valence-corrected chi connectivity index (χ4v) is 4.97. The number of piperidine rings is 1. The van der Waals surface area contributed by atoms with Gasteiger partial charge in [-0.3, -0.25) is 4.90 Å². The van der Waals surface area contributed by atoms with Crippen LogP contribution in [0.4, 0.5) is 4.79 Å². The molecule has 28 heavy (non-hydrogen) atoms. The van der Waals surface area contributed by atoms with Gasteiger partial charge in [0.25, 0.3) is 0 Å². The number of likely N-dealkylation sites (tertiary alicyclic amines) is 1. The van der Waals surface area contributed by atoms with Crippen molar-refractivity contribution in [2.75, 3.05) is 85.1 Å². The number of hydrogen-bond acceptors (Lipinski definition) is 4. The summed E-state index contributed by atoms with van der Waals surface area (Å²) in [5.41, 5.74) is 0. The SMILES string of the molecule is CCN1CCN(CCCN2CCN(C(=O)N3CCC(C(C)C)CC3)CC2)CC1. The second-order valence-electron chi connectivity index (χ2n) is 9.31. The molecular weight excluding hydrogens is 350 g/mol. The molecule has 0 bridgehead atoms. The summed E-state index contributed by atoms with van der Waals surface area (Å²) in [6.45, 7) is 21.2. The van der Waals surface area contributed by atoms with Gasteiger partial charge in [-0.2, -0.15) is 0 Å². The zero-order valence-electron chi connectivity index (χ0n) is 18.6. The molecule has 3 rings (SSSR count). The molecular formula is C22H43N5O. The lowest BCUT2D eigenvalue weighted by Gasteiger charge is -2.40. The van der Waals surface area contributed by atoms with Crippen LogP contribution in [0.5, 0.6) is 0 Å². The van der Waals surface area contributed by atoms with Gasteiger partial charge in [0, 0.05) is 65.4 Å². The van der Waals surface area contributed by atoms with Gasteiger partial charge in [-0.15, -0.1) is 0 Å². The highest BCUT2D eigenvalue weighted by Gasteiger charge is 2.29. The highest BCUT2D eigenvalue weighted by atomic mass is 16.2. The van der Waals surface area contributed by atoms with Crippen LogP contribution in [0.25, 0.3) is 0 Å². The first-order chi connectivity index (χ1) is 13.6. The molecule has 0 aliphatic carbocycles. The predicted octanol–water partition coefficient (Wildman–Crippen LogP) is 2.12. The highest BCUT2D eigenvalue weighted by molar-refractivity contribution is 5.74. The first-order valence-corrected chi connectivity index (χ1v) is 11.8. The number of urea groups is 1. The summed E-state index contributed by atoms with van der Waals surface area (Å²) < 4.78 is 0. The summed E-state index contributed by atoms with van der Waals surface area (Å²) >= 11 is 0. The van der Waals surface area contributed by atoms with Crippen molar-refractivity contribution in [2.24, 2.45) is 11.8 Å². The molecule has 6 heteroatoms. The number of likely N-dealkylation sites (N-methyl/N-ethyl adjacent to an activating group) is 1. The second-order valence-corrected chi connectivity index (χ2v) is 9.31. The second kappa shape index (κ2) is 10.8. The van der Waals surface area contributed by atoms with Gasteiger partial charge in [-0.25, -0.2) is 4.79 Å². The monoisotopic (exact) mass is 393 g/mol. The minimum absolute atomic E-state index is 0.288. The average Bonchev–Trinajstić information content (AvgIpc) is 2.74. The maximum Gasteiger partial charge on any atom is 0.320 e. The molecule has 0 aromatic carbocycles. The Bertz CT molecular complexity index is 462. The van der Waals surface area contributed by atoms with Crippen molar-refractivity contribution in [1.82, 2.24) is 24.5 Å². The molecule has 3 aliphatic heterocycles. The fourth-order valence-electron chi connectivity index (χ4n) is 4.97. The molecule has 0 spiro atoms. The number of nitrogens with zero attached hydrogens (tertiary/aromatic N) is 5. The van der Waals surface area contributed by atoms with Gasteiger partial charge in [-0.05, 0) is 50.7 Å². The van der Waals surface area contributed by atoms with Crippen LogP contribution < -0.4 is 0 Å². The van der Waals surface area contributed by atoms with Crippen molar-refractivity contribution in [3.8, 4) is 0 Å². The Kier molecular flexibility index (Phi) is 8.42. The topological polar surface area (TPSA) is 33.3 Å². The summed E-state index contributed by atoms with van der Waals surface area (Å²) in [4.78, 5) is 24.7. The standard InChI is InChI=1S/C22H43N5O/c1-4-23-12-14-24(15-13-23)8-5-9-25-16-18-27(19-17-25)22(28)26-10-6-21(7-11-26)20(2)3/h20-21H,4-19H2,1-3H3. The van der Waals surface area contributed by atoms with Gasteiger partial charge in [-0.1, -0.05) is 20.8 Å². The first kappa shape index (κ1) is 21.8. The molecule has 3 fully saturated rings. The first-order valence-electron chi connectivity index (χ1n) is 11.8. The largest absolute Gasteiger partial charge is 0.325 e. The molecule has 162 valence electrons. The molecule has 0 unspecified atom stereocenters. The number of piperazine rings is 2. The zero-order chi connectivity index (χ0) is 19.9. The smallest absolute Gasteiger partial charge is 0.320 e. The third-order valence-electron chi connectivity index (χ3n) is 7.26. The van der Waals surface area contributed by atoms with E-state index in [1.165, 1.54) is 65.1 Å². The van der Waals surface area contributed by atoms with E-state index in [1.807, 2.05) is 0 Å². The summed E-state index contributed by atoms with van der Waals surface area (Å²) in [5, 5.41) is 0. The molecule has 0 saturated carbocycles. The number of amides is 2. The lowest BCUT2D eigenvalue weighted by Crippen LogP contribution is -2.54. The Morgan fingerprint density at radius 2 is 1.21 bits per heavy atom. The number of carbonyl (C=O) groups excluding carboxylic acids is 1. The van der Waals surface area contributed by atoms with Gasteiger partial charge < -0.3 is 19.6 Å². The summed E-state index contributed by atoms with van der Waals surface area (Å²) in [7, 11) is 0. The van der Waals surface area contributed by atoms with E-state index in [2.05, 4.69) is 45.3 Å². The molecule has 6 nitrogen and oxygen atoms in total. The van der Waals surface area contributed by atoms with Gasteiger partial charge >= 0.3 is 6.03 Å². The van der Waals surface area contributed by atoms with Gasteiger partial charge in [0.15, 0.2) is 0 Å². The third-order valence-corrected chi connectivity index (χ3v) is 7.26. The molecule has 3 heterocycles. The Morgan fingerprint density at radius 1 is 0.750 bits per heavy atom. The Balaban J connectivity index is 1.29. The van der Waals surface area contributed by atoms with E-state index in [4.69, 9.17) is 0 Å². The molecule has 3 saturated heterocycles. The minimum atomic E-state index is 0.288. The van der Waals surface area contributed by atoms with Crippen LogP contribution in [-0.2, 0) is 0 Å². The van der Waals surface area contributed by atoms with Crippen LogP contribution in [0.15, 0.2) is 0 Å². The molecule has 0 atom stereocenters. The van der Waals surface area contributed by atoms with Crippen molar-refractivity contribution in [1.29, 1.82) is 0 Å². The van der Waals surface area contributed by atoms with Gasteiger partial charge in [0.1, 0.15) is 0 Å². The number of carbonyl (C=O) groups is 1. The lowest BCUT2D eigenvalue weighted by atomic mass is 9.87. The Labute approximate surface area is 172 Å². The van der Waals surface area contributed by atoms with E-state index in [0.717, 1.165) is 51.1 Å². The van der Waals surface area contributed by atoms with Crippen molar-refractivity contribution in [3.05, 3.63) is 0 Å². The number of rotatable bonds is 6. The Morgan fingerprint density at radius 3 is 1.71 bits per heavy atom. The quantitative estimate of drug-likeness (QED) is 0.692. The van der Waals surface area contributed by atoms with E-state index in [9.17, 15) is 4.79 Å². The highest BCUT2D eigenvalue weighted by Crippen LogP contribution is 2.25. The predicted molar refractivity (Wildman–Crippen MR) is 116 cm³/mol. The minimum Gasteiger partial charge on any atom is -0.325 e. The Hall–Kier alpha value is -0.850. The molecule has 0 aromatic heterocycles. The van der Waals surface area contributed by atoms with Crippen molar-refractivity contribution >= 4 is 6.03 Å². The lowest BCUT2D eigenvalue weighted by molar-refractivity contribution is 0.0924. The van der Waals surface area contributed by atoms with E-state index in [1.54, 1.807) is 0 Å². The molecule has 2 amide bonds. The van der Waals surface area contributed by atoms with Gasteiger partial charge in [0.2, 0.25) is 0 Å². The number of hydrogen-bond donors (Lipinski definition) is 0. The normalized spacial score (nSPS) is 24.3. The van der Waals surface area contributed by atoms with Gasteiger partial charge in [0.05, 0.1) is 0 Å². The van der Waals surface area contributed by atoms with E-state index < -0.39 is 0 Å². The van der Waals surface area contributed by atoms with Crippen LogP contribution in [0.3, 0.4) is 0 Å². The average molecular weight is 394 g/mol. The molecule has 0 radical (unpaired) electrons. The van der Waals surface area contributed by atoms with Crippen molar-refractivity contribution < 1.29 is 4.79 Å². The fraction of sp³-hybridized carbons (Fsp3) is 0.955. The van der Waals surface area contributed by atoms with E-state index in [-0.39, 0.29) is 6.03 Å². The summed E-state index contributed by atoms with van der Waals surface area (Å²) in [6.07, 6.45) is 3.61. The maximum absolute atomic E-state index is 12.8. The van der Waals surface area contributed by atoms with Crippen molar-refractivity contribution in [3.63, 3.8) is 0 Å². The molecule has 0 aromatic rings. The van der Waals surface area contributed by atoms with Crippen LogP contribution >= 0.6 is 0 Å².